The lowest BCUT2D eigenvalue weighted by molar-refractivity contribution is 0.147. The van der Waals surface area contributed by atoms with E-state index in [2.05, 4.69) is 37.2 Å². The number of hydrogen-bond donors (Lipinski definition) is 1. The molecule has 1 N–H and O–H groups in total. The Balaban J connectivity index is 1.23. The van der Waals surface area contributed by atoms with Crippen molar-refractivity contribution in [2.45, 2.75) is 64.1 Å². The highest BCUT2D eigenvalue weighted by atomic mass is 16.1. The van der Waals surface area contributed by atoms with Gasteiger partial charge in [0.05, 0.1) is 17.9 Å². The standard InChI is InChI=1S/C23H33N7O/c1-28-10-8-21-19(15-28)23(26-16-25-21)24-14-18-6-2-3-9-29(18)11-12-30-22(31)13-17-5-4-7-20(17)27-30/h13,16,18H,2-12,14-15H2,1H3,(H,24,25,26). The molecule has 0 amide bonds. The summed E-state index contributed by atoms with van der Waals surface area (Å²) in [6.45, 7) is 5.44. The zero-order valence-electron chi connectivity index (χ0n) is 18.5. The molecule has 8 nitrogen and oxygen atoms in total. The minimum atomic E-state index is 0.0454. The van der Waals surface area contributed by atoms with Crippen molar-refractivity contribution in [3.8, 4) is 0 Å². The van der Waals surface area contributed by atoms with Gasteiger partial charge in [-0.15, -0.1) is 0 Å². The normalized spacial score (nSPS) is 21.6. The molecule has 0 bridgehead atoms. The van der Waals surface area contributed by atoms with Gasteiger partial charge in [-0.3, -0.25) is 9.69 Å². The molecular formula is C23H33N7O. The van der Waals surface area contributed by atoms with Crippen LogP contribution in [-0.2, 0) is 32.4 Å². The summed E-state index contributed by atoms with van der Waals surface area (Å²) in [6.07, 6.45) is 9.45. The summed E-state index contributed by atoms with van der Waals surface area (Å²) in [6, 6.07) is 2.26. The fourth-order valence-corrected chi connectivity index (χ4v) is 5.25. The predicted octanol–water partition coefficient (Wildman–Crippen LogP) is 1.48. The second kappa shape index (κ2) is 9.04. The monoisotopic (exact) mass is 423 g/mol. The van der Waals surface area contributed by atoms with Crippen LogP contribution in [0.5, 0.6) is 0 Å². The maximum absolute atomic E-state index is 12.5. The van der Waals surface area contributed by atoms with Crippen LogP contribution in [0, 0.1) is 0 Å². The summed E-state index contributed by atoms with van der Waals surface area (Å²) in [5.74, 6) is 0.985. The Morgan fingerprint density at radius 3 is 2.94 bits per heavy atom. The van der Waals surface area contributed by atoms with Crippen LogP contribution in [0.1, 0.15) is 48.2 Å². The van der Waals surface area contributed by atoms with E-state index < -0.39 is 0 Å². The van der Waals surface area contributed by atoms with Gasteiger partial charge in [0.25, 0.3) is 5.56 Å². The summed E-state index contributed by atoms with van der Waals surface area (Å²) in [7, 11) is 2.15. The van der Waals surface area contributed by atoms with Crippen molar-refractivity contribution in [2.24, 2.45) is 0 Å². The number of rotatable bonds is 6. The molecule has 8 heteroatoms. The molecule has 2 aromatic heterocycles. The third kappa shape index (κ3) is 4.50. The van der Waals surface area contributed by atoms with Crippen molar-refractivity contribution in [3.63, 3.8) is 0 Å². The number of nitrogens with one attached hydrogen (secondary N) is 1. The zero-order chi connectivity index (χ0) is 21.2. The van der Waals surface area contributed by atoms with Crippen molar-refractivity contribution in [1.29, 1.82) is 0 Å². The van der Waals surface area contributed by atoms with Gasteiger partial charge in [0.15, 0.2) is 0 Å². The molecular weight excluding hydrogens is 390 g/mol. The summed E-state index contributed by atoms with van der Waals surface area (Å²) >= 11 is 0. The Morgan fingerprint density at radius 1 is 1.06 bits per heavy atom. The van der Waals surface area contributed by atoms with Gasteiger partial charge in [0.2, 0.25) is 0 Å². The number of anilines is 1. The molecule has 1 atom stereocenters. The first-order valence-electron chi connectivity index (χ1n) is 11.8. The smallest absolute Gasteiger partial charge is 0.267 e. The number of likely N-dealkylation sites (tertiary alicyclic amines) is 1. The molecule has 1 aliphatic carbocycles. The van der Waals surface area contributed by atoms with Gasteiger partial charge >= 0.3 is 0 Å². The quantitative estimate of drug-likeness (QED) is 0.754. The molecule has 4 heterocycles. The van der Waals surface area contributed by atoms with E-state index in [0.717, 1.165) is 75.5 Å². The van der Waals surface area contributed by atoms with Crippen LogP contribution >= 0.6 is 0 Å². The first kappa shape index (κ1) is 20.6. The Morgan fingerprint density at radius 2 is 2.00 bits per heavy atom. The maximum Gasteiger partial charge on any atom is 0.267 e. The number of aromatic nitrogens is 4. The number of hydrogen-bond acceptors (Lipinski definition) is 7. The highest BCUT2D eigenvalue weighted by molar-refractivity contribution is 5.47. The Bertz CT molecular complexity index is 988. The van der Waals surface area contributed by atoms with Crippen LogP contribution in [0.15, 0.2) is 17.2 Å². The van der Waals surface area contributed by atoms with Gasteiger partial charge in [-0.25, -0.2) is 14.6 Å². The average molecular weight is 424 g/mol. The molecule has 1 unspecified atom stereocenters. The van der Waals surface area contributed by atoms with E-state index in [1.54, 1.807) is 17.1 Å². The van der Waals surface area contributed by atoms with E-state index in [9.17, 15) is 4.79 Å². The molecule has 2 aromatic rings. The largest absolute Gasteiger partial charge is 0.368 e. The van der Waals surface area contributed by atoms with E-state index in [1.807, 2.05) is 0 Å². The third-order valence-corrected chi connectivity index (χ3v) is 7.07. The van der Waals surface area contributed by atoms with Crippen LogP contribution in [0.25, 0.3) is 0 Å². The molecule has 166 valence electrons. The molecule has 1 fully saturated rings. The SMILES string of the molecule is CN1CCc2ncnc(NCC3CCCCN3CCn3nc4c(cc3=O)CCC4)c2C1. The number of piperidine rings is 1. The summed E-state index contributed by atoms with van der Waals surface area (Å²) in [4.78, 5) is 26.4. The van der Waals surface area contributed by atoms with Gasteiger partial charge in [-0.2, -0.15) is 5.10 Å². The first-order chi connectivity index (χ1) is 15.2. The Kier molecular flexibility index (Phi) is 6.00. The Hall–Kier alpha value is -2.32. The minimum absolute atomic E-state index is 0.0454. The number of fused-ring (bicyclic) bond motifs is 2. The van der Waals surface area contributed by atoms with E-state index in [4.69, 9.17) is 0 Å². The van der Waals surface area contributed by atoms with Crippen LogP contribution < -0.4 is 10.9 Å². The van der Waals surface area contributed by atoms with Crippen molar-refractivity contribution in [2.75, 3.05) is 38.5 Å². The van der Waals surface area contributed by atoms with E-state index in [1.165, 1.54) is 30.5 Å². The molecule has 0 radical (unpaired) electrons. The van der Waals surface area contributed by atoms with E-state index in [-0.39, 0.29) is 5.56 Å². The summed E-state index contributed by atoms with van der Waals surface area (Å²) in [5.41, 5.74) is 4.74. The van der Waals surface area contributed by atoms with Gasteiger partial charge in [0.1, 0.15) is 12.1 Å². The van der Waals surface area contributed by atoms with Crippen LogP contribution in [-0.4, -0.2) is 68.8 Å². The fraction of sp³-hybridized carbons (Fsp3) is 0.652. The van der Waals surface area contributed by atoms with E-state index >= 15 is 0 Å². The molecule has 31 heavy (non-hydrogen) atoms. The highest BCUT2D eigenvalue weighted by Crippen LogP contribution is 2.23. The molecule has 5 rings (SSSR count). The zero-order valence-corrected chi connectivity index (χ0v) is 18.5. The Labute approximate surface area is 183 Å². The summed E-state index contributed by atoms with van der Waals surface area (Å²) in [5, 5.41) is 8.28. The van der Waals surface area contributed by atoms with Crippen molar-refractivity contribution in [3.05, 3.63) is 45.3 Å². The van der Waals surface area contributed by atoms with Gasteiger partial charge in [-0.05, 0) is 51.3 Å². The highest BCUT2D eigenvalue weighted by Gasteiger charge is 2.24. The van der Waals surface area contributed by atoms with Gasteiger partial charge in [0, 0.05) is 50.3 Å². The van der Waals surface area contributed by atoms with Gasteiger partial charge < -0.3 is 10.2 Å². The average Bonchev–Trinajstić information content (AvgIpc) is 3.23. The molecule has 0 saturated carbocycles. The molecule has 0 aromatic carbocycles. The first-order valence-corrected chi connectivity index (χ1v) is 11.8. The number of likely N-dealkylation sites (N-methyl/N-ethyl adjacent to an activating group) is 1. The van der Waals surface area contributed by atoms with Crippen LogP contribution in [0.2, 0.25) is 0 Å². The number of aryl methyl sites for hydroxylation is 2. The molecule has 2 aliphatic heterocycles. The number of nitrogens with zero attached hydrogens (tertiary/aromatic N) is 6. The second-order valence-corrected chi connectivity index (χ2v) is 9.23. The molecule has 1 saturated heterocycles. The van der Waals surface area contributed by atoms with Crippen molar-refractivity contribution < 1.29 is 0 Å². The molecule has 0 spiro atoms. The fourth-order valence-electron chi connectivity index (χ4n) is 5.25. The topological polar surface area (TPSA) is 79.2 Å². The van der Waals surface area contributed by atoms with Crippen LogP contribution in [0.4, 0.5) is 5.82 Å². The van der Waals surface area contributed by atoms with Crippen molar-refractivity contribution in [1.82, 2.24) is 29.5 Å². The minimum Gasteiger partial charge on any atom is -0.368 e. The second-order valence-electron chi connectivity index (χ2n) is 9.23. The maximum atomic E-state index is 12.5. The molecule has 3 aliphatic rings. The third-order valence-electron chi connectivity index (χ3n) is 7.07. The lowest BCUT2D eigenvalue weighted by Crippen LogP contribution is -2.46. The lowest BCUT2D eigenvalue weighted by Gasteiger charge is -2.36. The predicted molar refractivity (Wildman–Crippen MR) is 120 cm³/mol. The van der Waals surface area contributed by atoms with Gasteiger partial charge in [-0.1, -0.05) is 6.42 Å². The lowest BCUT2D eigenvalue weighted by atomic mass is 10.0. The van der Waals surface area contributed by atoms with Crippen molar-refractivity contribution >= 4 is 5.82 Å². The van der Waals surface area contributed by atoms with Crippen LogP contribution in [0.3, 0.4) is 0 Å². The van der Waals surface area contributed by atoms with E-state index in [0.29, 0.717) is 12.6 Å². The summed E-state index contributed by atoms with van der Waals surface area (Å²) < 4.78 is 1.68.